The zero-order valence-corrected chi connectivity index (χ0v) is 17.1. The van der Waals surface area contributed by atoms with Crippen molar-refractivity contribution < 1.29 is 13.2 Å². The van der Waals surface area contributed by atoms with E-state index in [-0.39, 0.29) is 16.1 Å². The first-order valence-corrected chi connectivity index (χ1v) is 11.3. The Morgan fingerprint density at radius 1 is 1.04 bits per heavy atom. The van der Waals surface area contributed by atoms with Gasteiger partial charge < -0.3 is 5.32 Å². The molecule has 1 fully saturated rings. The Balaban J connectivity index is 1.61. The van der Waals surface area contributed by atoms with E-state index in [1.807, 2.05) is 38.1 Å². The number of aryl methyl sites for hydroxylation is 1. The van der Waals surface area contributed by atoms with Gasteiger partial charge >= 0.3 is 0 Å². The van der Waals surface area contributed by atoms with E-state index in [4.69, 9.17) is 0 Å². The van der Waals surface area contributed by atoms with Crippen LogP contribution in [0.25, 0.3) is 0 Å². The predicted molar refractivity (Wildman–Crippen MR) is 110 cm³/mol. The van der Waals surface area contributed by atoms with Crippen molar-refractivity contribution in [2.75, 3.05) is 18.4 Å². The molecule has 27 heavy (non-hydrogen) atoms. The number of rotatable bonds is 6. The Hall–Kier alpha value is -1.83. The van der Waals surface area contributed by atoms with Crippen LogP contribution in [0.1, 0.15) is 25.3 Å². The first-order valence-electron chi connectivity index (χ1n) is 9.01. The number of carbonyl (C=O) groups excluding carboxylic acids is 1. The van der Waals surface area contributed by atoms with Crippen molar-refractivity contribution in [2.45, 2.75) is 41.7 Å². The van der Waals surface area contributed by atoms with Crippen molar-refractivity contribution in [1.29, 1.82) is 0 Å². The number of anilines is 1. The summed E-state index contributed by atoms with van der Waals surface area (Å²) in [6.07, 6.45) is 1.81. The van der Waals surface area contributed by atoms with E-state index in [9.17, 15) is 13.2 Å². The lowest BCUT2D eigenvalue weighted by atomic mass is 10.2. The van der Waals surface area contributed by atoms with Crippen LogP contribution in [-0.2, 0) is 14.8 Å². The third kappa shape index (κ3) is 4.91. The number of sulfonamides is 1. The van der Waals surface area contributed by atoms with Crippen molar-refractivity contribution >= 4 is 33.4 Å². The van der Waals surface area contributed by atoms with Gasteiger partial charge in [0.15, 0.2) is 0 Å². The molecule has 2 aromatic carbocycles. The van der Waals surface area contributed by atoms with E-state index in [0.29, 0.717) is 18.8 Å². The Labute approximate surface area is 165 Å². The quantitative estimate of drug-likeness (QED) is 0.742. The minimum atomic E-state index is -3.43. The normalized spacial score (nSPS) is 16.2. The van der Waals surface area contributed by atoms with Gasteiger partial charge in [0, 0.05) is 23.7 Å². The molecule has 5 nitrogen and oxygen atoms in total. The Morgan fingerprint density at radius 2 is 1.63 bits per heavy atom. The fourth-order valence-electron chi connectivity index (χ4n) is 2.91. The van der Waals surface area contributed by atoms with Crippen molar-refractivity contribution in [1.82, 2.24) is 4.31 Å². The van der Waals surface area contributed by atoms with Crippen molar-refractivity contribution in [3.05, 3.63) is 54.1 Å². The standard InChI is InChI=1S/C20H24N2O3S2/c1-15-5-9-18(10-6-15)26-16(2)20(23)21-17-7-11-19(12-8-17)27(24,25)22-13-3-4-14-22/h5-12,16H,3-4,13-14H2,1-2H3,(H,21,23). The lowest BCUT2D eigenvalue weighted by molar-refractivity contribution is -0.115. The minimum Gasteiger partial charge on any atom is -0.325 e. The van der Waals surface area contributed by atoms with E-state index in [0.717, 1.165) is 17.7 Å². The number of thioether (sulfide) groups is 1. The van der Waals surface area contributed by atoms with Crippen LogP contribution in [0.2, 0.25) is 0 Å². The number of amides is 1. The van der Waals surface area contributed by atoms with Gasteiger partial charge in [0.05, 0.1) is 10.1 Å². The molecule has 1 aliphatic heterocycles. The van der Waals surface area contributed by atoms with Crippen molar-refractivity contribution in [3.63, 3.8) is 0 Å². The molecule has 0 radical (unpaired) electrons. The van der Waals surface area contributed by atoms with Crippen LogP contribution in [0.15, 0.2) is 58.3 Å². The summed E-state index contributed by atoms with van der Waals surface area (Å²) in [6, 6.07) is 14.4. The highest BCUT2D eigenvalue weighted by Crippen LogP contribution is 2.25. The Bertz CT molecular complexity index is 888. The summed E-state index contributed by atoms with van der Waals surface area (Å²) in [5.74, 6) is -0.115. The molecule has 1 N–H and O–H groups in total. The van der Waals surface area contributed by atoms with Gasteiger partial charge in [-0.1, -0.05) is 17.7 Å². The molecule has 0 spiro atoms. The molecule has 0 saturated carbocycles. The molecule has 1 amide bonds. The molecule has 1 heterocycles. The van der Waals surface area contributed by atoms with E-state index >= 15 is 0 Å². The van der Waals surface area contributed by atoms with E-state index in [1.54, 1.807) is 24.3 Å². The third-order valence-electron chi connectivity index (χ3n) is 4.53. The zero-order valence-electron chi connectivity index (χ0n) is 15.5. The highest BCUT2D eigenvalue weighted by molar-refractivity contribution is 8.00. The third-order valence-corrected chi connectivity index (χ3v) is 7.55. The van der Waals surface area contributed by atoms with Crippen LogP contribution >= 0.6 is 11.8 Å². The van der Waals surface area contributed by atoms with E-state index in [2.05, 4.69) is 5.32 Å². The van der Waals surface area contributed by atoms with Gasteiger partial charge in [-0.2, -0.15) is 4.31 Å². The molecule has 144 valence electrons. The van der Waals surface area contributed by atoms with Gasteiger partial charge in [-0.25, -0.2) is 8.42 Å². The van der Waals surface area contributed by atoms with Crippen molar-refractivity contribution in [2.24, 2.45) is 0 Å². The zero-order chi connectivity index (χ0) is 19.4. The number of carbonyl (C=O) groups is 1. The molecule has 7 heteroatoms. The summed E-state index contributed by atoms with van der Waals surface area (Å²) < 4.78 is 26.6. The second-order valence-electron chi connectivity index (χ2n) is 6.70. The number of hydrogen-bond donors (Lipinski definition) is 1. The lowest BCUT2D eigenvalue weighted by Crippen LogP contribution is -2.27. The first-order chi connectivity index (χ1) is 12.9. The van der Waals surface area contributed by atoms with Gasteiger partial charge in [-0.05, 0) is 63.1 Å². The molecule has 2 aromatic rings. The van der Waals surface area contributed by atoms with Crippen LogP contribution in [0.4, 0.5) is 5.69 Å². The van der Waals surface area contributed by atoms with Crippen LogP contribution in [0.3, 0.4) is 0 Å². The summed E-state index contributed by atoms with van der Waals surface area (Å²) in [7, 11) is -3.43. The molecular formula is C20H24N2O3S2. The Morgan fingerprint density at radius 3 is 2.22 bits per heavy atom. The molecule has 1 saturated heterocycles. The van der Waals surface area contributed by atoms with Crippen molar-refractivity contribution in [3.8, 4) is 0 Å². The monoisotopic (exact) mass is 404 g/mol. The second-order valence-corrected chi connectivity index (χ2v) is 10.1. The molecule has 1 atom stereocenters. The van der Waals surface area contributed by atoms with Gasteiger partial charge in [-0.3, -0.25) is 4.79 Å². The fraction of sp³-hybridized carbons (Fsp3) is 0.350. The first kappa shape index (κ1) is 19.9. The molecular weight excluding hydrogens is 380 g/mol. The molecule has 1 aliphatic rings. The molecule has 3 rings (SSSR count). The predicted octanol–water partition coefficient (Wildman–Crippen LogP) is 3.90. The summed E-state index contributed by atoms with van der Waals surface area (Å²) >= 11 is 1.49. The maximum atomic E-state index is 12.5. The SMILES string of the molecule is Cc1ccc(SC(C)C(=O)Nc2ccc(S(=O)(=O)N3CCCC3)cc2)cc1. The topological polar surface area (TPSA) is 66.5 Å². The van der Waals surface area contributed by atoms with E-state index < -0.39 is 10.0 Å². The lowest BCUT2D eigenvalue weighted by Gasteiger charge is -2.16. The molecule has 0 aliphatic carbocycles. The van der Waals surface area contributed by atoms with E-state index in [1.165, 1.54) is 21.6 Å². The number of hydrogen-bond acceptors (Lipinski definition) is 4. The summed E-state index contributed by atoms with van der Waals surface area (Å²) in [6.45, 7) is 5.04. The van der Waals surface area contributed by atoms with Gasteiger partial charge in [0.2, 0.25) is 15.9 Å². The largest absolute Gasteiger partial charge is 0.325 e. The maximum absolute atomic E-state index is 12.5. The smallest absolute Gasteiger partial charge is 0.243 e. The average Bonchev–Trinajstić information content (AvgIpc) is 3.19. The van der Waals surface area contributed by atoms with Gasteiger partial charge in [0.25, 0.3) is 0 Å². The maximum Gasteiger partial charge on any atom is 0.243 e. The number of nitrogens with zero attached hydrogens (tertiary/aromatic N) is 1. The highest BCUT2D eigenvalue weighted by Gasteiger charge is 2.27. The summed E-state index contributed by atoms with van der Waals surface area (Å²) in [5.41, 5.74) is 1.78. The number of nitrogens with one attached hydrogen (secondary N) is 1. The minimum absolute atomic E-state index is 0.115. The molecule has 1 unspecified atom stereocenters. The molecule has 0 aromatic heterocycles. The highest BCUT2D eigenvalue weighted by atomic mass is 32.2. The average molecular weight is 405 g/mol. The number of benzene rings is 2. The Kier molecular flexibility index (Phi) is 6.24. The van der Waals surface area contributed by atoms with Gasteiger partial charge in [-0.15, -0.1) is 11.8 Å². The molecule has 0 bridgehead atoms. The second kappa shape index (κ2) is 8.46. The summed E-state index contributed by atoms with van der Waals surface area (Å²) in [5, 5.41) is 2.59. The van der Waals surface area contributed by atoms with Crippen LogP contribution in [0.5, 0.6) is 0 Å². The summed E-state index contributed by atoms with van der Waals surface area (Å²) in [4.78, 5) is 13.7. The van der Waals surface area contributed by atoms with Crippen LogP contribution in [0, 0.1) is 6.92 Å². The fourth-order valence-corrected chi connectivity index (χ4v) is 5.29. The van der Waals surface area contributed by atoms with Crippen LogP contribution < -0.4 is 5.32 Å². The van der Waals surface area contributed by atoms with Crippen LogP contribution in [-0.4, -0.2) is 37.0 Å². The van der Waals surface area contributed by atoms with Gasteiger partial charge in [0.1, 0.15) is 0 Å².